The van der Waals surface area contributed by atoms with E-state index in [1.54, 1.807) is 32.2 Å². The quantitative estimate of drug-likeness (QED) is 0.700. The van der Waals surface area contributed by atoms with Crippen LogP contribution < -0.4 is 15.4 Å². The van der Waals surface area contributed by atoms with Gasteiger partial charge in [0.15, 0.2) is 0 Å². The molecular formula is C19H19N3O3S. The number of hydrogen-bond acceptors (Lipinski definition) is 5. The van der Waals surface area contributed by atoms with Gasteiger partial charge in [0.2, 0.25) is 11.8 Å². The Morgan fingerprint density at radius 2 is 2.04 bits per heavy atom. The summed E-state index contributed by atoms with van der Waals surface area (Å²) in [7, 11) is 1.56. The predicted molar refractivity (Wildman–Crippen MR) is 101 cm³/mol. The molecule has 2 aromatic heterocycles. The maximum absolute atomic E-state index is 12.3. The molecule has 134 valence electrons. The molecular weight excluding hydrogens is 350 g/mol. The zero-order chi connectivity index (χ0) is 18.5. The van der Waals surface area contributed by atoms with E-state index in [9.17, 15) is 9.59 Å². The summed E-state index contributed by atoms with van der Waals surface area (Å²) in [4.78, 5) is 29.4. The van der Waals surface area contributed by atoms with Crippen molar-refractivity contribution in [3.05, 3.63) is 58.3 Å². The Kier molecular flexibility index (Phi) is 5.48. The van der Waals surface area contributed by atoms with E-state index in [0.29, 0.717) is 17.3 Å². The SMILES string of the molecule is COc1cc(CNC(=O)C(C)NC(=O)c2cccs2)c2ccccc2n1. The van der Waals surface area contributed by atoms with Crippen molar-refractivity contribution in [2.75, 3.05) is 7.11 Å². The number of para-hydroxylation sites is 1. The van der Waals surface area contributed by atoms with Crippen molar-refractivity contribution in [1.29, 1.82) is 0 Å². The summed E-state index contributed by atoms with van der Waals surface area (Å²) in [5.41, 5.74) is 1.70. The molecule has 3 rings (SSSR count). The summed E-state index contributed by atoms with van der Waals surface area (Å²) in [6.07, 6.45) is 0. The lowest BCUT2D eigenvalue weighted by molar-refractivity contribution is -0.122. The van der Waals surface area contributed by atoms with Crippen LogP contribution >= 0.6 is 11.3 Å². The van der Waals surface area contributed by atoms with Gasteiger partial charge < -0.3 is 15.4 Å². The number of hydrogen-bond donors (Lipinski definition) is 2. The molecule has 0 aliphatic heterocycles. The molecule has 0 aliphatic carbocycles. The molecule has 0 bridgehead atoms. The van der Waals surface area contributed by atoms with Crippen LogP contribution in [0.25, 0.3) is 10.9 Å². The third-order valence-corrected chi connectivity index (χ3v) is 4.80. The maximum atomic E-state index is 12.3. The molecule has 0 aliphatic rings. The number of ether oxygens (including phenoxy) is 1. The lowest BCUT2D eigenvalue weighted by Crippen LogP contribution is -2.44. The third kappa shape index (κ3) is 4.00. The predicted octanol–water partition coefficient (Wildman–Crippen LogP) is 2.74. The number of rotatable bonds is 6. The highest BCUT2D eigenvalue weighted by Crippen LogP contribution is 2.21. The fourth-order valence-corrected chi connectivity index (χ4v) is 3.17. The second-order valence-corrected chi connectivity index (χ2v) is 6.68. The van der Waals surface area contributed by atoms with Crippen LogP contribution in [0.3, 0.4) is 0 Å². The number of carbonyl (C=O) groups excluding carboxylic acids is 2. The minimum atomic E-state index is -0.639. The molecule has 6 nitrogen and oxygen atoms in total. The highest BCUT2D eigenvalue weighted by Gasteiger charge is 2.17. The van der Waals surface area contributed by atoms with Crippen LogP contribution in [0.4, 0.5) is 0 Å². The Hall–Kier alpha value is -2.93. The van der Waals surface area contributed by atoms with Crippen molar-refractivity contribution >= 4 is 34.1 Å². The van der Waals surface area contributed by atoms with E-state index in [2.05, 4.69) is 15.6 Å². The van der Waals surface area contributed by atoms with Crippen LogP contribution in [0, 0.1) is 0 Å². The standard InChI is InChI=1S/C19H19N3O3S/c1-12(21-19(24)16-8-5-9-26-16)18(23)20-11-13-10-17(25-2)22-15-7-4-3-6-14(13)15/h3-10,12H,11H2,1-2H3,(H,20,23)(H,21,24). The zero-order valence-electron chi connectivity index (χ0n) is 14.5. The van der Waals surface area contributed by atoms with Crippen LogP contribution in [0.5, 0.6) is 5.88 Å². The van der Waals surface area contributed by atoms with Crippen LogP contribution in [0.2, 0.25) is 0 Å². The number of amides is 2. The highest BCUT2D eigenvalue weighted by molar-refractivity contribution is 7.12. The molecule has 7 heteroatoms. The van der Waals surface area contributed by atoms with Gasteiger partial charge in [0.25, 0.3) is 5.91 Å². The number of aromatic nitrogens is 1. The van der Waals surface area contributed by atoms with Crippen molar-refractivity contribution in [1.82, 2.24) is 15.6 Å². The molecule has 1 aromatic carbocycles. The summed E-state index contributed by atoms with van der Waals surface area (Å²) >= 11 is 1.34. The van der Waals surface area contributed by atoms with Crippen molar-refractivity contribution in [2.45, 2.75) is 19.5 Å². The minimum absolute atomic E-state index is 0.251. The molecule has 1 atom stereocenters. The van der Waals surface area contributed by atoms with Crippen molar-refractivity contribution in [3.63, 3.8) is 0 Å². The molecule has 3 aromatic rings. The number of fused-ring (bicyclic) bond motifs is 1. The first-order chi connectivity index (χ1) is 12.6. The number of carbonyl (C=O) groups is 2. The number of thiophene rings is 1. The first-order valence-electron chi connectivity index (χ1n) is 8.13. The summed E-state index contributed by atoms with van der Waals surface area (Å²) in [6, 6.07) is 12.4. The second-order valence-electron chi connectivity index (χ2n) is 5.73. The fraction of sp³-hybridized carbons (Fsp3) is 0.211. The van der Waals surface area contributed by atoms with E-state index >= 15 is 0 Å². The molecule has 1 unspecified atom stereocenters. The van der Waals surface area contributed by atoms with Gasteiger partial charge >= 0.3 is 0 Å². The molecule has 0 fully saturated rings. The van der Waals surface area contributed by atoms with Crippen LogP contribution in [0.1, 0.15) is 22.2 Å². The Labute approximate surface area is 155 Å². The van der Waals surface area contributed by atoms with Crippen molar-refractivity contribution in [2.24, 2.45) is 0 Å². The smallest absolute Gasteiger partial charge is 0.261 e. The van der Waals surface area contributed by atoms with Gasteiger partial charge in [-0.1, -0.05) is 24.3 Å². The van der Waals surface area contributed by atoms with Gasteiger partial charge in [0, 0.05) is 18.0 Å². The van der Waals surface area contributed by atoms with Gasteiger partial charge in [0.05, 0.1) is 17.5 Å². The van der Waals surface area contributed by atoms with Gasteiger partial charge in [-0.2, -0.15) is 0 Å². The molecule has 0 radical (unpaired) electrons. The molecule has 0 spiro atoms. The van der Waals surface area contributed by atoms with Crippen LogP contribution in [-0.2, 0) is 11.3 Å². The van der Waals surface area contributed by atoms with Gasteiger partial charge in [-0.3, -0.25) is 9.59 Å². The summed E-state index contributed by atoms with van der Waals surface area (Å²) < 4.78 is 5.23. The summed E-state index contributed by atoms with van der Waals surface area (Å²) in [5, 5.41) is 8.33. The summed E-state index contributed by atoms with van der Waals surface area (Å²) in [5.74, 6) is -0.0135. The fourth-order valence-electron chi connectivity index (χ4n) is 2.55. The Balaban J connectivity index is 1.67. The van der Waals surface area contributed by atoms with E-state index in [0.717, 1.165) is 16.5 Å². The first kappa shape index (κ1) is 17.9. The maximum Gasteiger partial charge on any atom is 0.261 e. The molecule has 0 saturated carbocycles. The van der Waals surface area contributed by atoms with Crippen molar-refractivity contribution in [3.8, 4) is 5.88 Å². The highest BCUT2D eigenvalue weighted by atomic mass is 32.1. The second kappa shape index (κ2) is 7.97. The summed E-state index contributed by atoms with van der Waals surface area (Å²) in [6.45, 7) is 1.98. The number of pyridine rings is 1. The van der Waals surface area contributed by atoms with Crippen LogP contribution in [-0.4, -0.2) is 29.9 Å². The number of nitrogens with zero attached hydrogens (tertiary/aromatic N) is 1. The Bertz CT molecular complexity index is 925. The van der Waals surface area contributed by atoms with E-state index < -0.39 is 6.04 Å². The van der Waals surface area contributed by atoms with Gasteiger partial charge in [-0.25, -0.2) is 4.98 Å². The minimum Gasteiger partial charge on any atom is -0.481 e. The van der Waals surface area contributed by atoms with Gasteiger partial charge in [-0.15, -0.1) is 11.3 Å². The number of methoxy groups -OCH3 is 1. The topological polar surface area (TPSA) is 80.3 Å². The first-order valence-corrected chi connectivity index (χ1v) is 9.01. The molecule has 2 N–H and O–H groups in total. The van der Waals surface area contributed by atoms with Gasteiger partial charge in [-0.05, 0) is 30.0 Å². The van der Waals surface area contributed by atoms with E-state index in [-0.39, 0.29) is 11.8 Å². The molecule has 26 heavy (non-hydrogen) atoms. The van der Waals surface area contributed by atoms with Gasteiger partial charge in [0.1, 0.15) is 6.04 Å². The third-order valence-electron chi connectivity index (χ3n) is 3.93. The number of benzene rings is 1. The Morgan fingerprint density at radius 1 is 1.23 bits per heavy atom. The number of nitrogens with one attached hydrogen (secondary N) is 2. The van der Waals surface area contributed by atoms with Crippen LogP contribution in [0.15, 0.2) is 47.8 Å². The lowest BCUT2D eigenvalue weighted by Gasteiger charge is -2.15. The van der Waals surface area contributed by atoms with Crippen molar-refractivity contribution < 1.29 is 14.3 Å². The van der Waals surface area contributed by atoms with E-state index in [1.165, 1.54) is 11.3 Å². The normalized spacial score (nSPS) is 11.8. The average molecular weight is 369 g/mol. The largest absolute Gasteiger partial charge is 0.481 e. The Morgan fingerprint density at radius 3 is 2.77 bits per heavy atom. The van der Waals surface area contributed by atoms with E-state index in [4.69, 9.17) is 4.74 Å². The molecule has 0 saturated heterocycles. The molecule has 2 heterocycles. The molecule has 2 amide bonds. The average Bonchev–Trinajstić information content (AvgIpc) is 3.20. The van der Waals surface area contributed by atoms with E-state index in [1.807, 2.05) is 29.6 Å². The zero-order valence-corrected chi connectivity index (χ0v) is 15.3. The lowest BCUT2D eigenvalue weighted by atomic mass is 10.1. The monoisotopic (exact) mass is 369 g/mol.